The van der Waals surface area contributed by atoms with Gasteiger partial charge in [-0.1, -0.05) is 30.3 Å². The molecule has 21 nitrogen and oxygen atoms in total. The van der Waals surface area contributed by atoms with E-state index in [1.54, 1.807) is 70.3 Å². The molecule has 0 fully saturated rings. The summed E-state index contributed by atoms with van der Waals surface area (Å²) in [7, 11) is 1.62. The van der Waals surface area contributed by atoms with Gasteiger partial charge in [0.15, 0.2) is 0 Å². The van der Waals surface area contributed by atoms with Gasteiger partial charge in [0.25, 0.3) is 11.8 Å². The van der Waals surface area contributed by atoms with E-state index in [1.165, 1.54) is 6.07 Å². The lowest BCUT2D eigenvalue weighted by Gasteiger charge is -2.19. The van der Waals surface area contributed by atoms with Crippen LogP contribution in [-0.2, 0) is 62.3 Å². The van der Waals surface area contributed by atoms with Crippen molar-refractivity contribution >= 4 is 52.2 Å². The molecule has 0 aliphatic heterocycles. The number of alkyl carbamates (subject to hydrolysis) is 1. The average molecular weight is 1070 g/mol. The standard InChI is InChI=1S/C56H76N8O13/c1-56(2,3)77-55(69)59-24-21-42-15-20-50(65)48(40-42)63-62-46-18-16-44(17-19-46)52(67)58-25-28-72-30-32-74-34-36-76-38-37-75-35-33-73-31-29-71-27-22-51(66)57-23-8-5-9-26-64-49-14-7-6-13-47(49)60-54(64)61-53(68)45-12-10-11-43(39-45)41-70-4/h6-7,10-20,39-40,65H,5,8-9,21-38,41H2,1-4H3,(H,57,66)(H,58,67)(H,59,69)(H,60,61,68). The molecule has 4 aromatic carbocycles. The third-order valence-electron chi connectivity index (χ3n) is 11.2. The third-order valence-corrected chi connectivity index (χ3v) is 11.2. The quantitative estimate of drug-likeness (QED) is 0.0188. The highest BCUT2D eigenvalue weighted by molar-refractivity contribution is 6.04. The number of para-hydroxylation sites is 2. The zero-order valence-electron chi connectivity index (χ0n) is 44.9. The third kappa shape index (κ3) is 24.4. The second-order valence-corrected chi connectivity index (χ2v) is 18.5. The maximum absolute atomic E-state index is 13.1. The van der Waals surface area contributed by atoms with E-state index >= 15 is 0 Å². The minimum absolute atomic E-state index is 0.0347. The number of methoxy groups -OCH3 is 1. The molecule has 418 valence electrons. The first-order valence-corrected chi connectivity index (χ1v) is 26.0. The van der Waals surface area contributed by atoms with Crippen LogP contribution in [0.15, 0.2) is 101 Å². The molecule has 4 amide bonds. The number of hydrogen-bond acceptors (Lipinski definition) is 16. The first-order valence-electron chi connectivity index (χ1n) is 26.0. The van der Waals surface area contributed by atoms with Crippen molar-refractivity contribution in [2.75, 3.05) is 111 Å². The van der Waals surface area contributed by atoms with E-state index in [9.17, 15) is 24.3 Å². The second-order valence-electron chi connectivity index (χ2n) is 18.5. The van der Waals surface area contributed by atoms with Gasteiger partial charge < -0.3 is 63.5 Å². The predicted octanol–water partition coefficient (Wildman–Crippen LogP) is 7.83. The van der Waals surface area contributed by atoms with Gasteiger partial charge in [0.2, 0.25) is 11.9 Å². The van der Waals surface area contributed by atoms with Gasteiger partial charge >= 0.3 is 6.09 Å². The van der Waals surface area contributed by atoms with E-state index in [-0.39, 0.29) is 35.6 Å². The number of phenols is 1. The van der Waals surface area contributed by atoms with Crippen LogP contribution in [0.3, 0.4) is 0 Å². The van der Waals surface area contributed by atoms with Crippen molar-refractivity contribution < 1.29 is 62.2 Å². The number of phenolic OH excluding ortho intramolecular Hbond substituents is 1. The molecule has 1 heterocycles. The maximum Gasteiger partial charge on any atom is 0.407 e. The Morgan fingerprint density at radius 3 is 1.95 bits per heavy atom. The van der Waals surface area contributed by atoms with Crippen LogP contribution < -0.4 is 21.3 Å². The Hall–Kier alpha value is -6.85. The number of carbonyl (C=O) groups is 4. The molecule has 1 aromatic heterocycles. The summed E-state index contributed by atoms with van der Waals surface area (Å²) >= 11 is 0. The minimum Gasteiger partial charge on any atom is -0.506 e. The zero-order chi connectivity index (χ0) is 54.9. The number of nitrogens with one attached hydrogen (secondary N) is 4. The fraction of sp³-hybridized carbons (Fsp3) is 0.482. The Morgan fingerprint density at radius 1 is 0.610 bits per heavy atom. The Morgan fingerprint density at radius 2 is 1.27 bits per heavy atom. The van der Waals surface area contributed by atoms with Crippen molar-refractivity contribution in [3.8, 4) is 5.75 Å². The van der Waals surface area contributed by atoms with Gasteiger partial charge in [-0.2, -0.15) is 5.11 Å². The van der Waals surface area contributed by atoms with Crippen molar-refractivity contribution in [3.63, 3.8) is 0 Å². The number of benzene rings is 4. The Balaban J connectivity index is 0.770. The molecule has 0 bridgehead atoms. The number of amides is 4. The summed E-state index contributed by atoms with van der Waals surface area (Å²) in [5, 5.41) is 30.1. The highest BCUT2D eigenvalue weighted by atomic mass is 16.6. The molecular weight excluding hydrogens is 993 g/mol. The van der Waals surface area contributed by atoms with Gasteiger partial charge in [-0.15, -0.1) is 5.11 Å². The van der Waals surface area contributed by atoms with Gasteiger partial charge in [0.05, 0.1) is 103 Å². The number of fused-ring (bicyclic) bond motifs is 1. The average Bonchev–Trinajstić information content (AvgIpc) is 3.76. The van der Waals surface area contributed by atoms with Crippen LogP contribution in [0, 0.1) is 0 Å². The maximum atomic E-state index is 13.1. The lowest BCUT2D eigenvalue weighted by molar-refractivity contribution is -0.122. The van der Waals surface area contributed by atoms with Crippen molar-refractivity contribution in [2.24, 2.45) is 10.2 Å². The number of aromatic nitrogens is 2. The van der Waals surface area contributed by atoms with E-state index < -0.39 is 11.7 Å². The number of azo groups is 1. The molecule has 21 heteroatoms. The van der Waals surface area contributed by atoms with Crippen molar-refractivity contribution in [1.82, 2.24) is 25.5 Å². The number of nitrogens with zero attached hydrogens (tertiary/aromatic N) is 4. The van der Waals surface area contributed by atoms with Gasteiger partial charge in [0.1, 0.15) is 17.0 Å². The van der Waals surface area contributed by atoms with Crippen LogP contribution in [0.5, 0.6) is 5.75 Å². The molecule has 0 aliphatic carbocycles. The molecule has 0 saturated heterocycles. The fourth-order valence-corrected chi connectivity index (χ4v) is 7.35. The van der Waals surface area contributed by atoms with E-state index in [4.69, 9.17) is 37.9 Å². The normalized spacial score (nSPS) is 11.5. The summed E-state index contributed by atoms with van der Waals surface area (Å²) in [5.41, 5.74) is 4.70. The van der Waals surface area contributed by atoms with Gasteiger partial charge in [-0.25, -0.2) is 9.78 Å². The summed E-state index contributed by atoms with van der Waals surface area (Å²) in [6.45, 7) is 12.4. The SMILES string of the molecule is COCc1cccc(C(=O)Nc2nc3ccccc3n2CCCCCNC(=O)CCOCCOCCOCCOCCOCCOCCNC(=O)c2ccc(N=Nc3cc(CCNC(=O)OC(C)(C)C)ccc3O)cc2)c1. The highest BCUT2D eigenvalue weighted by Gasteiger charge is 2.17. The molecule has 0 aliphatic rings. The topological polar surface area (TPSA) is 253 Å². The lowest BCUT2D eigenvalue weighted by Crippen LogP contribution is -2.33. The van der Waals surface area contributed by atoms with Crippen molar-refractivity contribution in [2.45, 2.75) is 71.6 Å². The number of ether oxygens (including phenoxy) is 8. The number of aromatic hydroxyl groups is 1. The van der Waals surface area contributed by atoms with Crippen LogP contribution in [0.25, 0.3) is 11.0 Å². The molecule has 5 rings (SSSR count). The summed E-state index contributed by atoms with van der Waals surface area (Å²) in [4.78, 5) is 54.6. The molecule has 0 saturated carbocycles. The van der Waals surface area contributed by atoms with Crippen LogP contribution in [-0.4, -0.2) is 150 Å². The number of imidazole rings is 1. The van der Waals surface area contributed by atoms with Crippen LogP contribution in [0.2, 0.25) is 0 Å². The molecule has 5 N–H and O–H groups in total. The summed E-state index contributed by atoms with van der Waals surface area (Å²) < 4.78 is 45.7. The number of rotatable bonds is 37. The molecular formula is C56H76N8O13. The first kappa shape index (κ1) is 61.0. The van der Waals surface area contributed by atoms with E-state index in [0.717, 1.165) is 41.4 Å². The van der Waals surface area contributed by atoms with E-state index in [0.29, 0.717) is 141 Å². The van der Waals surface area contributed by atoms with Crippen molar-refractivity contribution in [1.29, 1.82) is 0 Å². The molecule has 5 aromatic rings. The van der Waals surface area contributed by atoms with E-state index in [2.05, 4.69) is 36.5 Å². The van der Waals surface area contributed by atoms with Crippen LogP contribution in [0.4, 0.5) is 22.1 Å². The van der Waals surface area contributed by atoms with Crippen LogP contribution >= 0.6 is 0 Å². The number of hydrogen-bond donors (Lipinski definition) is 5. The van der Waals surface area contributed by atoms with Crippen LogP contribution in [0.1, 0.15) is 78.3 Å². The zero-order valence-corrected chi connectivity index (χ0v) is 44.9. The monoisotopic (exact) mass is 1070 g/mol. The number of aryl methyl sites for hydroxylation is 1. The number of anilines is 1. The predicted molar refractivity (Wildman–Crippen MR) is 290 cm³/mol. The first-order chi connectivity index (χ1) is 37.4. The largest absolute Gasteiger partial charge is 0.506 e. The Kier molecular flexibility index (Phi) is 27.5. The van der Waals surface area contributed by atoms with Crippen molar-refractivity contribution in [3.05, 3.63) is 113 Å². The Bertz CT molecular complexity index is 2590. The van der Waals surface area contributed by atoms with E-state index in [1.807, 2.05) is 47.0 Å². The fourth-order valence-electron chi connectivity index (χ4n) is 7.35. The lowest BCUT2D eigenvalue weighted by atomic mass is 10.1. The summed E-state index contributed by atoms with van der Waals surface area (Å²) in [6.07, 6.45) is 2.83. The minimum atomic E-state index is -0.584. The number of unbranched alkanes of at least 4 members (excludes halogenated alkanes) is 2. The Labute approximate surface area is 450 Å². The summed E-state index contributed by atoms with van der Waals surface area (Å²) in [6, 6.07) is 26.7. The van der Waals surface area contributed by atoms with Gasteiger partial charge in [0, 0.05) is 50.8 Å². The molecule has 0 atom stereocenters. The second kappa shape index (κ2) is 34.7. The summed E-state index contributed by atoms with van der Waals surface area (Å²) in [5.74, 6) is -0.0840. The highest BCUT2D eigenvalue weighted by Crippen LogP contribution is 2.29. The molecule has 0 unspecified atom stereocenters. The van der Waals surface area contributed by atoms with Gasteiger partial charge in [-0.3, -0.25) is 19.7 Å². The molecule has 0 spiro atoms. The number of carbonyl (C=O) groups excluding carboxylic acids is 4. The molecule has 0 radical (unpaired) electrons. The molecule has 77 heavy (non-hydrogen) atoms. The van der Waals surface area contributed by atoms with Gasteiger partial charge in [-0.05, 0) is 118 Å². The smallest absolute Gasteiger partial charge is 0.407 e.